The van der Waals surface area contributed by atoms with Crippen molar-refractivity contribution < 1.29 is 13.2 Å². The first-order chi connectivity index (χ1) is 8.84. The number of anilines is 1. The second-order valence-electron chi connectivity index (χ2n) is 4.66. The molecule has 1 aliphatic carbocycles. The highest BCUT2D eigenvalue weighted by atomic mass is 19.4. The molecule has 3 N–H and O–H groups in total. The fraction of sp³-hybridized carbons (Fsp3) is 0.462. The Kier molecular flexibility index (Phi) is 3.43. The maximum absolute atomic E-state index is 12.7. The number of hydrogen-bond acceptors (Lipinski definition) is 2. The molecule has 0 aromatic heterocycles. The quantitative estimate of drug-likeness (QED) is 0.653. The van der Waals surface area contributed by atoms with Crippen LogP contribution in [0.15, 0.2) is 18.2 Å². The number of amidine groups is 1. The molecule has 0 amide bonds. The Morgan fingerprint density at radius 1 is 1.42 bits per heavy atom. The number of benzene rings is 1. The molecule has 1 saturated carbocycles. The highest BCUT2D eigenvalue weighted by molar-refractivity contribution is 6.00. The molecule has 0 saturated heterocycles. The monoisotopic (exact) mass is 271 g/mol. The summed E-state index contributed by atoms with van der Waals surface area (Å²) >= 11 is 0. The molecule has 1 aromatic carbocycles. The van der Waals surface area contributed by atoms with Crippen LogP contribution in [0.4, 0.5) is 18.9 Å². The molecule has 3 nitrogen and oxygen atoms in total. The predicted octanol–water partition coefficient (Wildman–Crippen LogP) is 2.98. The molecular formula is C13H16F3N3. The molecule has 0 radical (unpaired) electrons. The van der Waals surface area contributed by atoms with E-state index in [-0.39, 0.29) is 11.4 Å². The van der Waals surface area contributed by atoms with E-state index in [1.165, 1.54) is 6.07 Å². The van der Waals surface area contributed by atoms with Crippen LogP contribution in [0, 0.1) is 5.41 Å². The van der Waals surface area contributed by atoms with E-state index in [1.54, 1.807) is 0 Å². The van der Waals surface area contributed by atoms with Gasteiger partial charge in [0.15, 0.2) is 0 Å². The van der Waals surface area contributed by atoms with Crippen LogP contribution in [0.5, 0.6) is 0 Å². The van der Waals surface area contributed by atoms with Crippen molar-refractivity contribution in [3.63, 3.8) is 0 Å². The second kappa shape index (κ2) is 4.75. The van der Waals surface area contributed by atoms with Gasteiger partial charge in [0.1, 0.15) is 5.84 Å². The Hall–Kier alpha value is -1.72. The van der Waals surface area contributed by atoms with Gasteiger partial charge in [-0.3, -0.25) is 5.41 Å². The average molecular weight is 271 g/mol. The maximum Gasteiger partial charge on any atom is 0.416 e. The topological polar surface area (TPSA) is 53.1 Å². The first-order valence-electron chi connectivity index (χ1n) is 6.17. The summed E-state index contributed by atoms with van der Waals surface area (Å²) in [6.07, 6.45) is -2.35. The summed E-state index contributed by atoms with van der Waals surface area (Å²) in [6, 6.07) is 3.79. The maximum atomic E-state index is 12.7. The van der Waals surface area contributed by atoms with Crippen molar-refractivity contribution in [2.24, 2.45) is 5.73 Å². The van der Waals surface area contributed by atoms with Gasteiger partial charge in [0.05, 0.1) is 5.56 Å². The largest absolute Gasteiger partial charge is 0.416 e. The molecule has 0 heterocycles. The lowest BCUT2D eigenvalue weighted by Crippen LogP contribution is -2.28. The summed E-state index contributed by atoms with van der Waals surface area (Å²) in [4.78, 5) is 2.01. The molecule has 0 bridgehead atoms. The average Bonchev–Trinajstić information content (AvgIpc) is 3.13. The third-order valence-corrected chi connectivity index (χ3v) is 3.25. The van der Waals surface area contributed by atoms with Gasteiger partial charge in [-0.1, -0.05) is 0 Å². The molecule has 0 unspecified atom stereocenters. The van der Waals surface area contributed by atoms with E-state index < -0.39 is 11.7 Å². The van der Waals surface area contributed by atoms with Crippen molar-refractivity contribution in [2.75, 3.05) is 11.4 Å². The normalized spacial score (nSPS) is 15.4. The number of rotatable bonds is 4. The van der Waals surface area contributed by atoms with Crippen LogP contribution < -0.4 is 10.6 Å². The van der Waals surface area contributed by atoms with Crippen molar-refractivity contribution in [2.45, 2.75) is 32.0 Å². The highest BCUT2D eigenvalue weighted by Gasteiger charge is 2.34. The molecular weight excluding hydrogens is 255 g/mol. The molecule has 6 heteroatoms. The minimum Gasteiger partial charge on any atom is -0.384 e. The fourth-order valence-electron chi connectivity index (χ4n) is 2.19. The summed E-state index contributed by atoms with van der Waals surface area (Å²) < 4.78 is 38.1. The summed E-state index contributed by atoms with van der Waals surface area (Å²) in [6.45, 7) is 2.64. The van der Waals surface area contributed by atoms with Gasteiger partial charge in [-0.25, -0.2) is 0 Å². The molecule has 1 fully saturated rings. The molecule has 2 rings (SSSR count). The minimum atomic E-state index is -4.42. The van der Waals surface area contributed by atoms with E-state index in [2.05, 4.69) is 0 Å². The molecule has 0 aliphatic heterocycles. The van der Waals surface area contributed by atoms with Crippen molar-refractivity contribution in [1.29, 1.82) is 5.41 Å². The van der Waals surface area contributed by atoms with E-state index in [0.717, 1.165) is 25.0 Å². The lowest BCUT2D eigenvalue weighted by molar-refractivity contribution is -0.137. The Bertz CT molecular complexity index is 492. The lowest BCUT2D eigenvalue weighted by atomic mass is 10.1. The van der Waals surface area contributed by atoms with Gasteiger partial charge in [-0.2, -0.15) is 13.2 Å². The Morgan fingerprint density at radius 3 is 2.47 bits per heavy atom. The number of nitrogens with zero attached hydrogens (tertiary/aromatic N) is 1. The third-order valence-electron chi connectivity index (χ3n) is 3.25. The van der Waals surface area contributed by atoms with Gasteiger partial charge in [0.2, 0.25) is 0 Å². The zero-order valence-electron chi connectivity index (χ0n) is 10.6. The van der Waals surface area contributed by atoms with Crippen LogP contribution >= 0.6 is 0 Å². The van der Waals surface area contributed by atoms with Crippen LogP contribution in [0.2, 0.25) is 0 Å². The number of halogens is 3. The van der Waals surface area contributed by atoms with Crippen LogP contribution in [0.25, 0.3) is 0 Å². The Balaban J connectivity index is 2.46. The highest BCUT2D eigenvalue weighted by Crippen LogP contribution is 2.36. The van der Waals surface area contributed by atoms with Crippen molar-refractivity contribution in [1.82, 2.24) is 0 Å². The van der Waals surface area contributed by atoms with Gasteiger partial charge >= 0.3 is 6.18 Å². The van der Waals surface area contributed by atoms with Crippen molar-refractivity contribution in [3.05, 3.63) is 29.3 Å². The summed E-state index contributed by atoms with van der Waals surface area (Å²) in [5.41, 5.74) is 5.43. The van der Waals surface area contributed by atoms with Crippen molar-refractivity contribution in [3.8, 4) is 0 Å². The molecule has 0 spiro atoms. The number of nitrogens with one attached hydrogen (secondary N) is 1. The van der Waals surface area contributed by atoms with Crippen LogP contribution in [0.1, 0.15) is 30.9 Å². The number of nitrogen functional groups attached to an aromatic ring is 1. The summed E-state index contributed by atoms with van der Waals surface area (Å²) in [5, 5.41) is 7.49. The van der Waals surface area contributed by atoms with Gasteiger partial charge in [0, 0.05) is 23.8 Å². The van der Waals surface area contributed by atoms with E-state index in [4.69, 9.17) is 11.1 Å². The van der Waals surface area contributed by atoms with E-state index in [1.807, 2.05) is 11.8 Å². The number of alkyl halides is 3. The standard InChI is InChI=1S/C13H16F3N3/c1-2-19(9-4-5-9)11-6-3-8(13(14,15)16)7-10(11)12(17)18/h3,6-7,9H,2,4-5H2,1H3,(H3,17,18). The van der Waals surface area contributed by atoms with Crippen LogP contribution in [0.3, 0.4) is 0 Å². The zero-order chi connectivity index (χ0) is 14.2. The fourth-order valence-corrected chi connectivity index (χ4v) is 2.19. The first-order valence-corrected chi connectivity index (χ1v) is 6.17. The van der Waals surface area contributed by atoms with E-state index in [9.17, 15) is 13.2 Å². The zero-order valence-corrected chi connectivity index (χ0v) is 10.6. The van der Waals surface area contributed by atoms with Crippen LogP contribution in [-0.4, -0.2) is 18.4 Å². The van der Waals surface area contributed by atoms with Crippen LogP contribution in [-0.2, 0) is 6.18 Å². The second-order valence-corrected chi connectivity index (χ2v) is 4.66. The predicted molar refractivity (Wildman–Crippen MR) is 68.5 cm³/mol. The van der Waals surface area contributed by atoms with E-state index in [0.29, 0.717) is 18.3 Å². The SMILES string of the molecule is CCN(c1ccc(C(F)(F)F)cc1C(=N)N)C1CC1. The molecule has 1 aromatic rings. The van der Waals surface area contributed by atoms with Gasteiger partial charge in [0.25, 0.3) is 0 Å². The number of nitrogens with two attached hydrogens (primary N) is 1. The molecule has 1 aliphatic rings. The molecule has 19 heavy (non-hydrogen) atoms. The Labute approximate surface area is 109 Å². The minimum absolute atomic E-state index is 0.156. The summed E-state index contributed by atoms with van der Waals surface area (Å²) in [5.74, 6) is -0.333. The lowest BCUT2D eigenvalue weighted by Gasteiger charge is -2.26. The molecule has 104 valence electrons. The number of hydrogen-bond donors (Lipinski definition) is 2. The smallest absolute Gasteiger partial charge is 0.384 e. The molecule has 0 atom stereocenters. The van der Waals surface area contributed by atoms with E-state index >= 15 is 0 Å². The van der Waals surface area contributed by atoms with Gasteiger partial charge in [-0.15, -0.1) is 0 Å². The van der Waals surface area contributed by atoms with Crippen molar-refractivity contribution >= 4 is 11.5 Å². The van der Waals surface area contributed by atoms with Gasteiger partial charge in [-0.05, 0) is 38.0 Å². The Morgan fingerprint density at radius 2 is 2.05 bits per heavy atom. The third kappa shape index (κ3) is 2.83. The summed E-state index contributed by atoms with van der Waals surface area (Å²) in [7, 11) is 0. The van der Waals surface area contributed by atoms with Gasteiger partial charge < -0.3 is 10.6 Å². The first kappa shape index (κ1) is 13.7.